The van der Waals surface area contributed by atoms with E-state index < -0.39 is 0 Å². The van der Waals surface area contributed by atoms with Gasteiger partial charge in [-0.1, -0.05) is 28.1 Å². The normalized spacial score (nSPS) is 9.95. The van der Waals surface area contributed by atoms with Crippen molar-refractivity contribution in [2.45, 2.75) is 0 Å². The molecule has 0 fully saturated rings. The van der Waals surface area contributed by atoms with Crippen LogP contribution in [0.2, 0.25) is 0 Å². The number of thiazole rings is 1. The maximum atomic E-state index is 4.64. The van der Waals surface area contributed by atoms with E-state index in [1.54, 1.807) is 17.5 Å². The Balaban J connectivity index is 0.00000133. The highest BCUT2D eigenvalue weighted by Crippen LogP contribution is 2.28. The van der Waals surface area contributed by atoms with Crippen molar-refractivity contribution in [3.05, 3.63) is 58.6 Å². The zero-order valence-corrected chi connectivity index (χ0v) is 13.7. The molecule has 5 heteroatoms. The fourth-order valence-corrected chi connectivity index (χ4v) is 2.73. The van der Waals surface area contributed by atoms with Gasteiger partial charge >= 0.3 is 0 Å². The van der Waals surface area contributed by atoms with Gasteiger partial charge in [-0.15, -0.1) is 11.3 Å². The first-order chi connectivity index (χ1) is 8.83. The van der Waals surface area contributed by atoms with Gasteiger partial charge in [0.2, 0.25) is 0 Å². The maximum Gasteiger partial charge on any atom is 0.125 e. The van der Waals surface area contributed by atoms with Crippen LogP contribution in [0.3, 0.4) is 0 Å². The van der Waals surface area contributed by atoms with Crippen LogP contribution in [0.1, 0.15) is 0 Å². The van der Waals surface area contributed by atoms with Gasteiger partial charge in [0.05, 0.1) is 5.69 Å². The van der Waals surface area contributed by atoms with E-state index in [4.69, 9.17) is 0 Å². The third kappa shape index (κ3) is 3.29. The minimum absolute atomic E-state index is 0. The van der Waals surface area contributed by atoms with Crippen LogP contribution in [0, 0.1) is 0 Å². The van der Waals surface area contributed by atoms with Crippen molar-refractivity contribution >= 4 is 27.3 Å². The predicted octanol–water partition coefficient (Wildman–Crippen LogP) is 1.64. The van der Waals surface area contributed by atoms with Crippen molar-refractivity contribution in [2.24, 2.45) is 0 Å². The summed E-state index contributed by atoms with van der Waals surface area (Å²) in [7, 11) is 0. The van der Waals surface area contributed by atoms with Crippen molar-refractivity contribution in [1.82, 2.24) is 9.97 Å². The number of aromatic nitrogens is 2. The van der Waals surface area contributed by atoms with Gasteiger partial charge in [0.1, 0.15) is 5.01 Å². The molecule has 0 atom stereocenters. The van der Waals surface area contributed by atoms with Gasteiger partial charge in [0.25, 0.3) is 0 Å². The molecule has 0 unspecified atom stereocenters. The van der Waals surface area contributed by atoms with Crippen LogP contribution in [0.4, 0.5) is 0 Å². The quantitative estimate of drug-likeness (QED) is 0.658. The van der Waals surface area contributed by atoms with Crippen LogP contribution < -0.4 is 17.0 Å². The molecule has 19 heavy (non-hydrogen) atoms. The highest BCUT2D eigenvalue weighted by atomic mass is 79.9. The first kappa shape index (κ1) is 14.4. The highest BCUT2D eigenvalue weighted by Gasteiger charge is 2.06. The Kier molecular flexibility index (Phi) is 4.85. The van der Waals surface area contributed by atoms with Gasteiger partial charge in [-0.25, -0.2) is 4.98 Å². The largest absolute Gasteiger partial charge is 1.00 e. The molecule has 0 radical (unpaired) electrons. The number of hydrogen-bond donors (Lipinski definition) is 0. The second-order valence-corrected chi connectivity index (χ2v) is 5.56. The molecule has 2 nitrogen and oxygen atoms in total. The second-order valence-electron chi connectivity index (χ2n) is 3.79. The number of rotatable bonds is 2. The lowest BCUT2D eigenvalue weighted by Gasteiger charge is -1.96. The topological polar surface area (TPSA) is 25.8 Å². The number of nitrogens with zero attached hydrogens (tertiary/aromatic N) is 2. The summed E-state index contributed by atoms with van der Waals surface area (Å²) < 4.78 is 1.08. The van der Waals surface area contributed by atoms with Crippen LogP contribution in [0.5, 0.6) is 0 Å². The molecule has 0 saturated carbocycles. The van der Waals surface area contributed by atoms with E-state index in [2.05, 4.69) is 43.4 Å². The third-order valence-corrected chi connectivity index (χ3v) is 3.97. The Hall–Kier alpha value is -1.04. The molecule has 0 aliphatic rings. The van der Waals surface area contributed by atoms with E-state index in [1.165, 1.54) is 0 Å². The molecule has 0 amide bonds. The van der Waals surface area contributed by atoms with Crippen molar-refractivity contribution in [3.63, 3.8) is 0 Å². The Morgan fingerprint density at radius 1 is 1.00 bits per heavy atom. The molecule has 0 aliphatic carbocycles. The van der Waals surface area contributed by atoms with Gasteiger partial charge in [0.15, 0.2) is 0 Å². The molecule has 0 bridgehead atoms. The van der Waals surface area contributed by atoms with Gasteiger partial charge in [-0.3, -0.25) is 4.98 Å². The van der Waals surface area contributed by atoms with Crippen molar-refractivity contribution < 1.29 is 17.0 Å². The minimum atomic E-state index is 0. The average molecular weight is 397 g/mol. The highest BCUT2D eigenvalue weighted by molar-refractivity contribution is 9.10. The number of pyridine rings is 1. The first-order valence-electron chi connectivity index (χ1n) is 5.45. The monoisotopic (exact) mass is 395 g/mol. The lowest BCUT2D eigenvalue weighted by atomic mass is 10.2. The molecule has 0 aliphatic heterocycles. The fourth-order valence-electron chi connectivity index (χ4n) is 1.65. The lowest BCUT2D eigenvalue weighted by Crippen LogP contribution is -3.00. The van der Waals surface area contributed by atoms with Gasteiger partial charge in [-0.05, 0) is 24.3 Å². The van der Waals surface area contributed by atoms with Crippen molar-refractivity contribution in [2.75, 3.05) is 0 Å². The molecule has 2 heterocycles. The van der Waals surface area contributed by atoms with Crippen LogP contribution in [0.15, 0.2) is 58.6 Å². The Labute approximate surface area is 134 Å². The molecule has 3 aromatic rings. The van der Waals surface area contributed by atoms with E-state index in [0.717, 1.165) is 26.3 Å². The van der Waals surface area contributed by atoms with Gasteiger partial charge < -0.3 is 17.0 Å². The number of hydrogen-bond acceptors (Lipinski definition) is 3. The summed E-state index contributed by atoms with van der Waals surface area (Å²) in [6.45, 7) is 0. The molecule has 0 N–H and O–H groups in total. The Bertz CT molecular complexity index is 651. The molecule has 2 aromatic heterocycles. The lowest BCUT2D eigenvalue weighted by molar-refractivity contribution is -0.00000342. The molecular formula is C14H9Br2N2S-. The molecule has 96 valence electrons. The summed E-state index contributed by atoms with van der Waals surface area (Å²) in [5.74, 6) is 0. The predicted molar refractivity (Wildman–Crippen MR) is 78.5 cm³/mol. The third-order valence-electron chi connectivity index (χ3n) is 2.55. The average Bonchev–Trinajstić information content (AvgIpc) is 2.90. The molecule has 3 rings (SSSR count). The Morgan fingerprint density at radius 3 is 2.47 bits per heavy atom. The molecule has 0 saturated heterocycles. The van der Waals surface area contributed by atoms with Gasteiger partial charge in [-0.2, -0.15) is 0 Å². The van der Waals surface area contributed by atoms with Gasteiger partial charge in [0, 0.05) is 33.4 Å². The zero-order valence-electron chi connectivity index (χ0n) is 9.75. The van der Waals surface area contributed by atoms with E-state index in [1.807, 2.05) is 30.5 Å². The van der Waals surface area contributed by atoms with E-state index in [-0.39, 0.29) is 17.0 Å². The number of halogens is 2. The van der Waals surface area contributed by atoms with Crippen LogP contribution in [-0.2, 0) is 0 Å². The van der Waals surface area contributed by atoms with Crippen molar-refractivity contribution in [3.8, 4) is 21.8 Å². The van der Waals surface area contributed by atoms with Crippen molar-refractivity contribution in [1.29, 1.82) is 0 Å². The Morgan fingerprint density at radius 2 is 1.79 bits per heavy atom. The van der Waals surface area contributed by atoms with E-state index >= 15 is 0 Å². The maximum absolute atomic E-state index is 4.64. The fraction of sp³-hybridized carbons (Fsp3) is 0. The summed E-state index contributed by atoms with van der Waals surface area (Å²) in [5, 5.41) is 3.08. The van der Waals surface area contributed by atoms with E-state index in [0.29, 0.717) is 0 Å². The smallest absolute Gasteiger partial charge is 0.125 e. The van der Waals surface area contributed by atoms with Crippen LogP contribution in [-0.4, -0.2) is 9.97 Å². The van der Waals surface area contributed by atoms with Crippen LogP contribution in [0.25, 0.3) is 21.8 Å². The first-order valence-corrected chi connectivity index (χ1v) is 7.12. The second kappa shape index (κ2) is 6.41. The molecular weight excluding hydrogens is 388 g/mol. The van der Waals surface area contributed by atoms with E-state index in [9.17, 15) is 0 Å². The minimum Gasteiger partial charge on any atom is -1.00 e. The number of benzene rings is 1. The SMILES string of the molecule is Brc1ccc(-c2csc(-c3cccnc3)n2)cc1.[Br-]. The zero-order chi connectivity index (χ0) is 12.4. The summed E-state index contributed by atoms with van der Waals surface area (Å²) in [4.78, 5) is 8.76. The summed E-state index contributed by atoms with van der Waals surface area (Å²) in [6.07, 6.45) is 3.61. The summed E-state index contributed by atoms with van der Waals surface area (Å²) >= 11 is 5.07. The summed E-state index contributed by atoms with van der Waals surface area (Å²) in [5.41, 5.74) is 3.20. The molecule has 1 aromatic carbocycles. The summed E-state index contributed by atoms with van der Waals surface area (Å²) in [6, 6.07) is 12.1. The molecule has 0 spiro atoms. The standard InChI is InChI=1S/C14H9BrN2S.BrH/c15-12-5-3-10(4-6-12)13-9-18-14(17-13)11-2-1-7-16-8-11;/h1-9H;1H/p-1. The van der Waals surface area contributed by atoms with Crippen LogP contribution >= 0.6 is 27.3 Å².